The molecule has 94 valence electrons. The van der Waals surface area contributed by atoms with E-state index < -0.39 is 0 Å². The van der Waals surface area contributed by atoms with E-state index >= 15 is 0 Å². The highest BCUT2D eigenvalue weighted by atomic mass is 35.5. The van der Waals surface area contributed by atoms with Crippen molar-refractivity contribution in [3.8, 4) is 0 Å². The number of rotatable bonds is 2. The summed E-state index contributed by atoms with van der Waals surface area (Å²) in [7, 11) is 0. The number of amides is 1. The normalized spacial score (nSPS) is 14.8. The summed E-state index contributed by atoms with van der Waals surface area (Å²) in [5.74, 6) is 0.236. The second-order valence-corrected chi connectivity index (χ2v) is 5.81. The smallest absolute Gasteiger partial charge is 0.257 e. The molecule has 0 aliphatic carbocycles. The Morgan fingerprint density at radius 1 is 1.39 bits per heavy atom. The highest BCUT2D eigenvalue weighted by Gasteiger charge is 2.27. The van der Waals surface area contributed by atoms with Crippen LogP contribution in [0.15, 0.2) is 24.3 Å². The molecule has 0 aromatic heterocycles. The largest absolute Gasteiger partial charge is 0.331 e. The monoisotopic (exact) mass is 317 g/mol. The lowest BCUT2D eigenvalue weighted by atomic mass is 10.3. The topological polar surface area (TPSA) is 44.4 Å². The van der Waals surface area contributed by atoms with Crippen molar-refractivity contribution in [2.45, 2.75) is 0 Å². The Kier molecular flexibility index (Phi) is 4.39. The molecule has 1 aromatic carbocycles. The predicted octanol–water partition coefficient (Wildman–Crippen LogP) is 2.40. The summed E-state index contributed by atoms with van der Waals surface area (Å²) in [5, 5.41) is 5.15. The van der Waals surface area contributed by atoms with Gasteiger partial charge < -0.3 is 5.32 Å². The van der Waals surface area contributed by atoms with Crippen LogP contribution >= 0.6 is 47.8 Å². The molecule has 0 saturated carbocycles. The maximum atomic E-state index is 11.5. The van der Waals surface area contributed by atoms with Crippen LogP contribution in [0.4, 0.5) is 5.69 Å². The molecule has 0 unspecified atom stereocenters. The van der Waals surface area contributed by atoms with Gasteiger partial charge in [0, 0.05) is 10.7 Å². The molecule has 1 aromatic rings. The second kappa shape index (κ2) is 5.83. The van der Waals surface area contributed by atoms with Crippen LogP contribution in [0.2, 0.25) is 5.02 Å². The summed E-state index contributed by atoms with van der Waals surface area (Å²) in [5.41, 5.74) is 3.53. The van der Waals surface area contributed by atoms with Crippen molar-refractivity contribution in [1.29, 1.82) is 0 Å². The fourth-order valence-corrected chi connectivity index (χ4v) is 2.57. The van der Waals surface area contributed by atoms with Crippen molar-refractivity contribution in [2.75, 3.05) is 11.1 Å². The van der Waals surface area contributed by atoms with Crippen LogP contribution < -0.4 is 10.7 Å². The van der Waals surface area contributed by atoms with Crippen LogP contribution in [-0.4, -0.2) is 26.1 Å². The number of thioether (sulfide) groups is 1. The number of benzene rings is 1. The van der Waals surface area contributed by atoms with Gasteiger partial charge in [0.15, 0.2) is 9.43 Å². The number of nitrogens with one attached hydrogen (secondary N) is 2. The Hall–Kier alpha value is -0.890. The number of hydrogen-bond donors (Lipinski definition) is 2. The molecule has 1 fully saturated rings. The summed E-state index contributed by atoms with van der Waals surface area (Å²) in [6, 6.07) is 7.06. The summed E-state index contributed by atoms with van der Waals surface area (Å²) >= 11 is 17.2. The lowest BCUT2D eigenvalue weighted by Gasteiger charge is -2.18. The lowest BCUT2D eigenvalue weighted by molar-refractivity contribution is -0.125. The van der Waals surface area contributed by atoms with E-state index in [1.54, 1.807) is 24.3 Å². The first-order valence-electron chi connectivity index (χ1n) is 4.89. The minimum Gasteiger partial charge on any atom is -0.331 e. The van der Waals surface area contributed by atoms with Crippen molar-refractivity contribution >= 4 is 68.8 Å². The molecular formula is C10H8ClN3OS3. The van der Waals surface area contributed by atoms with Crippen LogP contribution in [0.25, 0.3) is 0 Å². The van der Waals surface area contributed by atoms with Crippen LogP contribution in [-0.2, 0) is 4.79 Å². The minimum absolute atomic E-state index is 0.106. The zero-order valence-corrected chi connectivity index (χ0v) is 12.2. The fourth-order valence-electron chi connectivity index (χ4n) is 1.26. The van der Waals surface area contributed by atoms with Gasteiger partial charge in [-0.2, -0.15) is 0 Å². The molecule has 2 N–H and O–H groups in total. The highest BCUT2D eigenvalue weighted by molar-refractivity contribution is 8.23. The summed E-state index contributed by atoms with van der Waals surface area (Å²) in [4.78, 5) is 11.5. The molecule has 1 aliphatic heterocycles. The third-order valence-corrected chi connectivity index (χ3v) is 3.87. The number of carbonyl (C=O) groups is 1. The van der Waals surface area contributed by atoms with Crippen LogP contribution in [0, 0.1) is 0 Å². The maximum Gasteiger partial charge on any atom is 0.257 e. The van der Waals surface area contributed by atoms with Gasteiger partial charge in [0.05, 0.1) is 5.75 Å². The van der Waals surface area contributed by atoms with E-state index in [1.165, 1.54) is 16.8 Å². The van der Waals surface area contributed by atoms with Gasteiger partial charge >= 0.3 is 0 Å². The molecule has 1 aliphatic rings. The van der Waals surface area contributed by atoms with Gasteiger partial charge in [-0.1, -0.05) is 35.6 Å². The fraction of sp³-hybridized carbons (Fsp3) is 0.100. The van der Waals surface area contributed by atoms with Gasteiger partial charge in [-0.3, -0.25) is 10.2 Å². The van der Waals surface area contributed by atoms with Crippen molar-refractivity contribution in [1.82, 2.24) is 10.4 Å². The van der Waals surface area contributed by atoms with Crippen LogP contribution in [0.1, 0.15) is 0 Å². The zero-order chi connectivity index (χ0) is 13.1. The van der Waals surface area contributed by atoms with E-state index in [0.717, 1.165) is 5.69 Å². The molecule has 4 nitrogen and oxygen atoms in total. The summed E-state index contributed by atoms with van der Waals surface area (Å²) < 4.78 is 0.472. The van der Waals surface area contributed by atoms with Gasteiger partial charge in [0.1, 0.15) is 0 Å². The van der Waals surface area contributed by atoms with E-state index in [9.17, 15) is 4.79 Å². The standard InChI is InChI=1S/C10H8ClN3OS3/c11-6-1-3-7(4-2-6)12-9(16)13-14-8(15)5-18-10(14)17/h1-4H,5H2,(H2,12,13,16). The molecule has 0 atom stereocenters. The van der Waals surface area contributed by atoms with Gasteiger partial charge in [-0.05, 0) is 36.5 Å². The lowest BCUT2D eigenvalue weighted by Crippen LogP contribution is -2.46. The van der Waals surface area contributed by atoms with Crippen molar-refractivity contribution < 1.29 is 4.79 Å². The number of hydrogen-bond acceptors (Lipinski definition) is 4. The zero-order valence-electron chi connectivity index (χ0n) is 8.97. The van der Waals surface area contributed by atoms with Gasteiger partial charge in [0.25, 0.3) is 5.91 Å². The molecular weight excluding hydrogens is 310 g/mol. The van der Waals surface area contributed by atoms with Crippen molar-refractivity contribution in [3.63, 3.8) is 0 Å². The average Bonchev–Trinajstić information content (AvgIpc) is 2.64. The molecule has 0 bridgehead atoms. The molecule has 0 spiro atoms. The quantitative estimate of drug-likeness (QED) is 0.817. The van der Waals surface area contributed by atoms with Gasteiger partial charge in [-0.15, -0.1) is 0 Å². The van der Waals surface area contributed by atoms with Crippen LogP contribution in [0.3, 0.4) is 0 Å². The third-order valence-electron chi connectivity index (χ3n) is 2.07. The predicted molar refractivity (Wildman–Crippen MR) is 82.7 cm³/mol. The number of anilines is 1. The number of halogens is 1. The molecule has 2 rings (SSSR count). The SMILES string of the molecule is O=C1CSC(=S)N1NC(=S)Nc1ccc(Cl)cc1. The summed E-state index contributed by atoms with van der Waals surface area (Å²) in [6.07, 6.45) is 0. The molecule has 1 heterocycles. The number of thiocarbonyl (C=S) groups is 2. The molecule has 1 amide bonds. The number of nitrogens with zero attached hydrogens (tertiary/aromatic N) is 1. The first kappa shape index (κ1) is 13.5. The molecule has 1 saturated heterocycles. The molecule has 18 heavy (non-hydrogen) atoms. The van der Waals surface area contributed by atoms with E-state index in [2.05, 4.69) is 10.7 Å². The Balaban J connectivity index is 1.94. The van der Waals surface area contributed by atoms with Crippen molar-refractivity contribution in [3.05, 3.63) is 29.3 Å². The van der Waals surface area contributed by atoms with Crippen molar-refractivity contribution in [2.24, 2.45) is 0 Å². The molecule has 0 radical (unpaired) electrons. The first-order chi connectivity index (χ1) is 8.56. The van der Waals surface area contributed by atoms with E-state index in [4.69, 9.17) is 36.0 Å². The number of hydrazine groups is 1. The first-order valence-corrected chi connectivity index (χ1v) is 7.07. The van der Waals surface area contributed by atoms with E-state index in [-0.39, 0.29) is 5.91 Å². The Morgan fingerprint density at radius 3 is 2.61 bits per heavy atom. The maximum absolute atomic E-state index is 11.5. The Morgan fingerprint density at radius 2 is 2.06 bits per heavy atom. The molecule has 8 heteroatoms. The van der Waals surface area contributed by atoms with Gasteiger partial charge in [-0.25, -0.2) is 5.01 Å². The Labute approximate surface area is 124 Å². The highest BCUT2D eigenvalue weighted by Crippen LogP contribution is 2.17. The summed E-state index contributed by atoms with van der Waals surface area (Å²) in [6.45, 7) is 0. The van der Waals surface area contributed by atoms with E-state index in [0.29, 0.717) is 20.2 Å². The van der Waals surface area contributed by atoms with E-state index in [1.807, 2.05) is 0 Å². The number of carbonyl (C=O) groups excluding carboxylic acids is 1. The Bertz CT molecular complexity index is 490. The average molecular weight is 318 g/mol. The van der Waals surface area contributed by atoms with Crippen LogP contribution in [0.5, 0.6) is 0 Å². The van der Waals surface area contributed by atoms with Gasteiger partial charge in [0.2, 0.25) is 0 Å². The third kappa shape index (κ3) is 3.32. The second-order valence-electron chi connectivity index (χ2n) is 3.36. The minimum atomic E-state index is -0.106.